The third kappa shape index (κ3) is 3.12. The van der Waals surface area contributed by atoms with Gasteiger partial charge >= 0.3 is 0 Å². The first-order chi connectivity index (χ1) is 5.93. The molecule has 0 bridgehead atoms. The summed E-state index contributed by atoms with van der Waals surface area (Å²) in [6.45, 7) is 0.204. The summed E-state index contributed by atoms with van der Waals surface area (Å²) >= 11 is 0. The standard InChI is InChI=1S/C8H10N2O2/c11-5-6-12-10-7-8-1-3-9-4-2-8/h1-4,7,11H,5-6H2. The Morgan fingerprint density at radius 2 is 2.25 bits per heavy atom. The van der Waals surface area contributed by atoms with Gasteiger partial charge in [-0.05, 0) is 17.7 Å². The summed E-state index contributed by atoms with van der Waals surface area (Å²) in [5.41, 5.74) is 0.919. The highest BCUT2D eigenvalue weighted by atomic mass is 16.6. The molecule has 0 amide bonds. The minimum atomic E-state index is -0.0202. The van der Waals surface area contributed by atoms with Crippen LogP contribution in [0.25, 0.3) is 0 Å². The minimum absolute atomic E-state index is 0.0202. The molecule has 1 heterocycles. The second kappa shape index (κ2) is 5.26. The van der Waals surface area contributed by atoms with Crippen LogP contribution in [0.4, 0.5) is 0 Å². The van der Waals surface area contributed by atoms with Gasteiger partial charge in [-0.3, -0.25) is 4.98 Å². The molecule has 1 aromatic heterocycles. The average molecular weight is 166 g/mol. The molecule has 0 aliphatic carbocycles. The molecule has 0 saturated carbocycles. The zero-order valence-electron chi connectivity index (χ0n) is 6.55. The van der Waals surface area contributed by atoms with E-state index in [0.717, 1.165) is 5.56 Å². The first kappa shape index (κ1) is 8.67. The summed E-state index contributed by atoms with van der Waals surface area (Å²) in [5, 5.41) is 12.0. The van der Waals surface area contributed by atoms with Crippen LogP contribution >= 0.6 is 0 Å². The third-order valence-electron chi connectivity index (χ3n) is 1.16. The summed E-state index contributed by atoms with van der Waals surface area (Å²) in [7, 11) is 0. The summed E-state index contributed by atoms with van der Waals surface area (Å²) in [4.78, 5) is 8.53. The maximum atomic E-state index is 8.35. The van der Waals surface area contributed by atoms with Gasteiger partial charge in [-0.25, -0.2) is 0 Å². The number of oxime groups is 1. The summed E-state index contributed by atoms with van der Waals surface area (Å²) < 4.78 is 0. The third-order valence-corrected chi connectivity index (χ3v) is 1.16. The highest BCUT2D eigenvalue weighted by Crippen LogP contribution is 1.90. The van der Waals surface area contributed by atoms with Gasteiger partial charge in [0.15, 0.2) is 0 Å². The van der Waals surface area contributed by atoms with Crippen molar-refractivity contribution in [2.24, 2.45) is 5.16 Å². The highest BCUT2D eigenvalue weighted by molar-refractivity contribution is 5.78. The van der Waals surface area contributed by atoms with E-state index in [1.807, 2.05) is 12.1 Å². The molecule has 0 aromatic carbocycles. The molecule has 4 heteroatoms. The predicted octanol–water partition coefficient (Wildman–Crippen LogP) is 0.424. The van der Waals surface area contributed by atoms with Crippen molar-refractivity contribution >= 4 is 6.21 Å². The molecular weight excluding hydrogens is 156 g/mol. The number of hydrogen-bond acceptors (Lipinski definition) is 4. The molecule has 0 aliphatic heterocycles. The highest BCUT2D eigenvalue weighted by Gasteiger charge is 1.83. The van der Waals surface area contributed by atoms with Crippen molar-refractivity contribution in [1.29, 1.82) is 0 Å². The van der Waals surface area contributed by atoms with Gasteiger partial charge in [0.2, 0.25) is 0 Å². The van der Waals surface area contributed by atoms with Crippen LogP contribution in [0.3, 0.4) is 0 Å². The van der Waals surface area contributed by atoms with Crippen LogP contribution in [0.15, 0.2) is 29.7 Å². The van der Waals surface area contributed by atoms with Crippen LogP contribution in [-0.4, -0.2) is 29.5 Å². The van der Waals surface area contributed by atoms with E-state index < -0.39 is 0 Å². The van der Waals surface area contributed by atoms with Gasteiger partial charge in [0, 0.05) is 12.4 Å². The second-order valence-corrected chi connectivity index (χ2v) is 2.07. The first-order valence-electron chi connectivity index (χ1n) is 3.59. The zero-order valence-corrected chi connectivity index (χ0v) is 6.55. The molecule has 0 atom stereocenters. The topological polar surface area (TPSA) is 54.7 Å². The van der Waals surface area contributed by atoms with Crippen molar-refractivity contribution in [2.45, 2.75) is 0 Å². The Kier molecular flexibility index (Phi) is 3.80. The van der Waals surface area contributed by atoms with Gasteiger partial charge in [0.05, 0.1) is 12.8 Å². The van der Waals surface area contributed by atoms with E-state index in [-0.39, 0.29) is 13.2 Å². The molecule has 1 rings (SSSR count). The molecule has 0 radical (unpaired) electrons. The number of pyridine rings is 1. The fourth-order valence-electron chi connectivity index (χ4n) is 0.641. The van der Waals surface area contributed by atoms with Gasteiger partial charge in [0.1, 0.15) is 6.61 Å². The lowest BCUT2D eigenvalue weighted by Crippen LogP contribution is -1.93. The number of rotatable bonds is 4. The summed E-state index contributed by atoms with van der Waals surface area (Å²) in [6.07, 6.45) is 4.91. The van der Waals surface area contributed by atoms with Crippen molar-refractivity contribution in [3.8, 4) is 0 Å². The van der Waals surface area contributed by atoms with Gasteiger partial charge in [-0.1, -0.05) is 5.16 Å². The zero-order chi connectivity index (χ0) is 8.65. The Morgan fingerprint density at radius 1 is 1.50 bits per heavy atom. The van der Waals surface area contributed by atoms with E-state index in [4.69, 9.17) is 5.11 Å². The summed E-state index contributed by atoms with van der Waals surface area (Å²) in [6, 6.07) is 3.62. The Hall–Kier alpha value is -1.42. The van der Waals surface area contributed by atoms with Gasteiger partial charge < -0.3 is 9.94 Å². The van der Waals surface area contributed by atoms with Gasteiger partial charge in [-0.2, -0.15) is 0 Å². The monoisotopic (exact) mass is 166 g/mol. The van der Waals surface area contributed by atoms with Crippen LogP contribution in [0.1, 0.15) is 5.56 Å². The van der Waals surface area contributed by atoms with E-state index >= 15 is 0 Å². The molecule has 1 N–H and O–H groups in total. The molecule has 64 valence electrons. The fourth-order valence-corrected chi connectivity index (χ4v) is 0.641. The van der Waals surface area contributed by atoms with E-state index in [0.29, 0.717) is 0 Å². The van der Waals surface area contributed by atoms with Crippen LogP contribution in [0, 0.1) is 0 Å². The molecule has 0 saturated heterocycles. The lowest BCUT2D eigenvalue weighted by Gasteiger charge is -1.93. The largest absolute Gasteiger partial charge is 0.393 e. The normalized spacial score (nSPS) is 10.4. The Balaban J connectivity index is 2.36. The quantitative estimate of drug-likeness (QED) is 0.401. The average Bonchev–Trinajstić information content (AvgIpc) is 2.14. The minimum Gasteiger partial charge on any atom is -0.393 e. The molecule has 0 unspecified atom stereocenters. The number of aliphatic hydroxyl groups is 1. The predicted molar refractivity (Wildman–Crippen MR) is 44.9 cm³/mol. The number of hydrogen-bond donors (Lipinski definition) is 1. The number of nitrogens with zero attached hydrogens (tertiary/aromatic N) is 2. The van der Waals surface area contributed by atoms with Gasteiger partial charge in [0.25, 0.3) is 0 Å². The van der Waals surface area contributed by atoms with Crippen molar-refractivity contribution in [3.63, 3.8) is 0 Å². The Bertz CT molecular complexity index is 236. The van der Waals surface area contributed by atoms with Crippen molar-refractivity contribution in [1.82, 2.24) is 4.98 Å². The Labute approximate surface area is 70.5 Å². The molecule has 1 aromatic rings. The number of aliphatic hydroxyl groups excluding tert-OH is 1. The maximum absolute atomic E-state index is 8.35. The molecule has 12 heavy (non-hydrogen) atoms. The van der Waals surface area contributed by atoms with E-state index in [1.54, 1.807) is 18.6 Å². The van der Waals surface area contributed by atoms with Crippen LogP contribution in [0.5, 0.6) is 0 Å². The molecule has 4 nitrogen and oxygen atoms in total. The van der Waals surface area contributed by atoms with Crippen molar-refractivity contribution in [2.75, 3.05) is 13.2 Å². The van der Waals surface area contributed by atoms with Crippen molar-refractivity contribution < 1.29 is 9.94 Å². The maximum Gasteiger partial charge on any atom is 0.140 e. The molecule has 0 aliphatic rings. The molecular formula is C8H10N2O2. The smallest absolute Gasteiger partial charge is 0.140 e. The van der Waals surface area contributed by atoms with Crippen LogP contribution in [0.2, 0.25) is 0 Å². The van der Waals surface area contributed by atoms with Crippen LogP contribution < -0.4 is 0 Å². The summed E-state index contributed by atoms with van der Waals surface area (Å²) in [5.74, 6) is 0. The van der Waals surface area contributed by atoms with E-state index in [1.165, 1.54) is 0 Å². The van der Waals surface area contributed by atoms with E-state index in [2.05, 4.69) is 15.0 Å². The lowest BCUT2D eigenvalue weighted by atomic mass is 10.3. The SMILES string of the molecule is OCCON=Cc1ccncc1. The van der Waals surface area contributed by atoms with E-state index in [9.17, 15) is 0 Å². The fraction of sp³-hybridized carbons (Fsp3) is 0.250. The van der Waals surface area contributed by atoms with Gasteiger partial charge in [-0.15, -0.1) is 0 Å². The van der Waals surface area contributed by atoms with Crippen molar-refractivity contribution in [3.05, 3.63) is 30.1 Å². The molecule has 0 fully saturated rings. The number of aromatic nitrogens is 1. The first-order valence-corrected chi connectivity index (χ1v) is 3.59. The Morgan fingerprint density at radius 3 is 2.92 bits per heavy atom. The second-order valence-electron chi connectivity index (χ2n) is 2.07. The lowest BCUT2D eigenvalue weighted by molar-refractivity contribution is 0.0997. The van der Waals surface area contributed by atoms with Crippen LogP contribution in [-0.2, 0) is 4.84 Å². The molecule has 0 spiro atoms.